The number of thioether (sulfide) groups is 1. The lowest BCUT2D eigenvalue weighted by molar-refractivity contribution is -0.118. The highest BCUT2D eigenvalue weighted by Crippen LogP contribution is 2.51. The molecule has 0 saturated heterocycles. The van der Waals surface area contributed by atoms with Crippen LogP contribution in [0.25, 0.3) is 0 Å². The number of ketones is 1. The highest BCUT2D eigenvalue weighted by Gasteiger charge is 2.45. The molecule has 40 heavy (non-hydrogen) atoms. The molecule has 1 amide bonds. The molecule has 2 aromatic carbocycles. The number of nitrogens with one attached hydrogen (secondary N) is 1. The molecular weight excluding hydrogens is 587 g/mol. The van der Waals surface area contributed by atoms with Gasteiger partial charge in [-0.3, -0.25) is 14.5 Å². The van der Waals surface area contributed by atoms with Crippen LogP contribution in [0.5, 0.6) is 0 Å². The lowest BCUT2D eigenvalue weighted by Gasteiger charge is -2.42. The summed E-state index contributed by atoms with van der Waals surface area (Å²) >= 11 is 14.9. The van der Waals surface area contributed by atoms with Crippen molar-refractivity contribution in [2.75, 3.05) is 16.0 Å². The van der Waals surface area contributed by atoms with E-state index in [2.05, 4.69) is 21.6 Å². The summed E-state index contributed by atoms with van der Waals surface area (Å²) < 4.78 is 0.546. The molecule has 0 fully saturated rings. The van der Waals surface area contributed by atoms with Crippen LogP contribution in [0.15, 0.2) is 75.5 Å². The molecule has 0 spiro atoms. The molecule has 8 nitrogen and oxygen atoms in total. The maximum absolute atomic E-state index is 13.6. The number of nitriles is 1. The molecule has 12 heteroatoms. The second kappa shape index (κ2) is 11.3. The average Bonchev–Trinajstić information content (AvgIpc) is 3.36. The van der Waals surface area contributed by atoms with Crippen LogP contribution in [-0.4, -0.2) is 27.6 Å². The number of benzene rings is 2. The molecule has 2 heterocycles. The third-order valence-corrected chi connectivity index (χ3v) is 9.28. The average molecular weight is 612 g/mol. The number of Topliss-reactive ketones (excluding diaryl/α,β-unsaturated/α-hetero) is 1. The van der Waals surface area contributed by atoms with E-state index >= 15 is 0 Å². The molecule has 1 aliphatic carbocycles. The van der Waals surface area contributed by atoms with Gasteiger partial charge in [0.2, 0.25) is 11.0 Å². The van der Waals surface area contributed by atoms with Gasteiger partial charge in [-0.1, -0.05) is 78.3 Å². The zero-order valence-electron chi connectivity index (χ0n) is 21.6. The topological polar surface area (TPSA) is 125 Å². The van der Waals surface area contributed by atoms with E-state index in [1.807, 2.05) is 26.0 Å². The fraction of sp³-hybridized carbons (Fsp3) is 0.250. The van der Waals surface area contributed by atoms with E-state index in [-0.39, 0.29) is 34.3 Å². The lowest BCUT2D eigenvalue weighted by Crippen LogP contribution is -2.42. The van der Waals surface area contributed by atoms with E-state index in [1.54, 1.807) is 41.3 Å². The highest BCUT2D eigenvalue weighted by molar-refractivity contribution is 8.01. The minimum Gasteiger partial charge on any atom is -0.384 e. The molecule has 0 saturated carbocycles. The number of hydrogen-bond acceptors (Lipinski definition) is 9. The fourth-order valence-electron chi connectivity index (χ4n) is 4.96. The first-order valence-electron chi connectivity index (χ1n) is 12.3. The van der Waals surface area contributed by atoms with Crippen LogP contribution in [0.4, 0.5) is 10.8 Å². The molecule has 3 N–H and O–H groups in total. The van der Waals surface area contributed by atoms with Crippen molar-refractivity contribution in [3.63, 3.8) is 0 Å². The lowest BCUT2D eigenvalue weighted by atomic mass is 9.68. The summed E-state index contributed by atoms with van der Waals surface area (Å²) in [5.74, 6) is -0.642. The maximum Gasteiger partial charge on any atom is 0.234 e. The van der Waals surface area contributed by atoms with Crippen LogP contribution in [0.2, 0.25) is 10.0 Å². The number of nitrogens with zero attached hydrogens (tertiary/aromatic N) is 4. The van der Waals surface area contributed by atoms with Crippen molar-refractivity contribution in [3.05, 3.63) is 86.8 Å². The van der Waals surface area contributed by atoms with Gasteiger partial charge in [-0.05, 0) is 47.7 Å². The summed E-state index contributed by atoms with van der Waals surface area (Å²) in [4.78, 5) is 27.8. The van der Waals surface area contributed by atoms with Crippen LogP contribution in [0, 0.1) is 16.7 Å². The van der Waals surface area contributed by atoms with E-state index in [1.165, 1.54) is 23.1 Å². The van der Waals surface area contributed by atoms with Crippen LogP contribution >= 0.6 is 46.3 Å². The Kier molecular flexibility index (Phi) is 7.93. The second-order valence-electron chi connectivity index (χ2n) is 10.2. The number of hydrogen-bond donors (Lipinski definition) is 2. The third kappa shape index (κ3) is 5.60. The number of anilines is 2. The molecular formula is C28H24Cl2N6O2S2. The van der Waals surface area contributed by atoms with Crippen molar-refractivity contribution in [2.45, 2.75) is 36.9 Å². The quantitative estimate of drug-likeness (QED) is 0.302. The minimum atomic E-state index is -0.674. The van der Waals surface area contributed by atoms with Crippen LogP contribution in [0.1, 0.15) is 38.2 Å². The van der Waals surface area contributed by atoms with Gasteiger partial charge in [0.15, 0.2) is 10.1 Å². The Morgan fingerprint density at radius 1 is 1.20 bits per heavy atom. The largest absolute Gasteiger partial charge is 0.384 e. The van der Waals surface area contributed by atoms with Gasteiger partial charge in [-0.25, -0.2) is 0 Å². The summed E-state index contributed by atoms with van der Waals surface area (Å²) in [7, 11) is 0. The van der Waals surface area contributed by atoms with E-state index < -0.39 is 5.92 Å². The first-order chi connectivity index (χ1) is 19.1. The Hall–Kier alpha value is -3.36. The predicted octanol–water partition coefficient (Wildman–Crippen LogP) is 6.52. The molecule has 1 aromatic heterocycles. The number of amides is 1. The van der Waals surface area contributed by atoms with Gasteiger partial charge in [0.25, 0.3) is 0 Å². The van der Waals surface area contributed by atoms with E-state index in [0.717, 1.165) is 0 Å². The van der Waals surface area contributed by atoms with Crippen molar-refractivity contribution in [1.82, 2.24) is 10.2 Å². The Bertz CT molecular complexity index is 1610. The standard InChI is InChI=1S/C28H24Cl2N6O2S2/c1-28(2)11-20-24(21(37)12-28)23(17-5-3-4-6-19(17)30)18(13-31)25(32)36(20)26-34-35-27(40-26)39-14-22(38)33-16-9-7-15(29)8-10-16/h3-10,23H,11-12,14,32H2,1-2H3,(H,33,38). The first-order valence-corrected chi connectivity index (χ1v) is 14.9. The highest BCUT2D eigenvalue weighted by atomic mass is 35.5. The maximum atomic E-state index is 13.6. The molecule has 1 atom stereocenters. The van der Waals surface area contributed by atoms with Crippen molar-refractivity contribution < 1.29 is 9.59 Å². The number of rotatable bonds is 6. The molecule has 1 aliphatic heterocycles. The van der Waals surface area contributed by atoms with Crippen LogP contribution in [-0.2, 0) is 9.59 Å². The number of carbonyl (C=O) groups is 2. The monoisotopic (exact) mass is 610 g/mol. The summed E-state index contributed by atoms with van der Waals surface area (Å²) in [6, 6.07) is 16.3. The van der Waals surface area contributed by atoms with Gasteiger partial charge in [-0.15, -0.1) is 10.2 Å². The molecule has 204 valence electrons. The minimum absolute atomic E-state index is 0.0561. The molecule has 5 rings (SSSR count). The molecule has 0 radical (unpaired) electrons. The van der Waals surface area contributed by atoms with E-state index in [9.17, 15) is 14.9 Å². The number of halogens is 2. The van der Waals surface area contributed by atoms with Gasteiger partial charge in [0.05, 0.1) is 23.3 Å². The van der Waals surface area contributed by atoms with Gasteiger partial charge < -0.3 is 11.1 Å². The van der Waals surface area contributed by atoms with Crippen molar-refractivity contribution in [3.8, 4) is 6.07 Å². The van der Waals surface area contributed by atoms with Crippen molar-refractivity contribution >= 4 is 68.8 Å². The number of allylic oxidation sites excluding steroid dienone is 3. The number of carbonyl (C=O) groups excluding carboxylic acids is 2. The summed E-state index contributed by atoms with van der Waals surface area (Å²) in [5.41, 5.74) is 9.06. The number of aromatic nitrogens is 2. The van der Waals surface area contributed by atoms with Gasteiger partial charge in [0.1, 0.15) is 5.82 Å². The normalized spacial score (nSPS) is 18.4. The fourth-order valence-corrected chi connectivity index (χ4v) is 7.01. The van der Waals surface area contributed by atoms with Crippen molar-refractivity contribution in [2.24, 2.45) is 11.1 Å². The van der Waals surface area contributed by atoms with Crippen LogP contribution < -0.4 is 16.0 Å². The molecule has 3 aromatic rings. The predicted molar refractivity (Wildman–Crippen MR) is 159 cm³/mol. The van der Waals surface area contributed by atoms with Gasteiger partial charge in [0, 0.05) is 33.4 Å². The number of nitrogens with two attached hydrogens (primary N) is 1. The molecule has 1 unspecified atom stereocenters. The van der Waals surface area contributed by atoms with Crippen LogP contribution in [0.3, 0.4) is 0 Å². The van der Waals surface area contributed by atoms with E-state index in [4.69, 9.17) is 28.9 Å². The summed E-state index contributed by atoms with van der Waals surface area (Å²) in [6.07, 6.45) is 0.874. The second-order valence-corrected chi connectivity index (χ2v) is 13.2. The van der Waals surface area contributed by atoms with Crippen molar-refractivity contribution in [1.29, 1.82) is 5.26 Å². The smallest absolute Gasteiger partial charge is 0.234 e. The zero-order chi connectivity index (χ0) is 28.6. The summed E-state index contributed by atoms with van der Waals surface area (Å²) in [5, 5.41) is 23.1. The van der Waals surface area contributed by atoms with Gasteiger partial charge >= 0.3 is 0 Å². The Labute approximate surface area is 249 Å². The Morgan fingerprint density at radius 3 is 2.62 bits per heavy atom. The first kappa shape index (κ1) is 28.2. The Morgan fingerprint density at radius 2 is 1.93 bits per heavy atom. The van der Waals surface area contributed by atoms with E-state index in [0.29, 0.717) is 54.9 Å². The summed E-state index contributed by atoms with van der Waals surface area (Å²) in [6.45, 7) is 4.05. The third-order valence-electron chi connectivity index (χ3n) is 6.64. The Balaban J connectivity index is 1.47. The molecule has 0 bridgehead atoms. The van der Waals surface area contributed by atoms with Gasteiger partial charge in [-0.2, -0.15) is 5.26 Å². The zero-order valence-corrected chi connectivity index (χ0v) is 24.7. The molecule has 2 aliphatic rings. The SMILES string of the molecule is CC1(C)CC(=O)C2=C(C1)N(c1nnc(SCC(=O)Nc3ccc(Cl)cc3)s1)C(N)=C(C#N)C2c1ccccc1Cl.